The lowest BCUT2D eigenvalue weighted by molar-refractivity contribution is 0.0240. The van der Waals surface area contributed by atoms with Gasteiger partial charge in [0.25, 0.3) is 0 Å². The summed E-state index contributed by atoms with van der Waals surface area (Å²) >= 11 is 0. The fourth-order valence-electron chi connectivity index (χ4n) is 1.49. The molecule has 0 saturated heterocycles. The van der Waals surface area contributed by atoms with E-state index in [1.807, 2.05) is 44.2 Å². The third-order valence-electron chi connectivity index (χ3n) is 2.87. The minimum absolute atomic E-state index is 0.0587. The molecule has 0 radical (unpaired) electrons. The Morgan fingerprint density at radius 1 is 1.18 bits per heavy atom. The van der Waals surface area contributed by atoms with Crippen molar-refractivity contribution >= 4 is 8.07 Å². The standard InChI is InChI=1S/C15H22OSi/c1-13(11-12-17(3,4)5)15(2,16)14-9-7-6-8-10-14/h6-10,13,16H,1-5H3. The van der Waals surface area contributed by atoms with Gasteiger partial charge in [-0.25, -0.2) is 0 Å². The Bertz CT molecular complexity index is 418. The first kappa shape index (κ1) is 14.0. The molecule has 0 saturated carbocycles. The molecule has 0 aliphatic heterocycles. The van der Waals surface area contributed by atoms with Gasteiger partial charge in [0.05, 0.1) is 0 Å². The van der Waals surface area contributed by atoms with E-state index in [1.165, 1.54) is 0 Å². The number of hydrogen-bond donors (Lipinski definition) is 1. The molecule has 0 aliphatic rings. The average Bonchev–Trinajstić information content (AvgIpc) is 2.26. The molecular formula is C15H22OSi. The Morgan fingerprint density at radius 2 is 1.71 bits per heavy atom. The van der Waals surface area contributed by atoms with Crippen LogP contribution in [-0.4, -0.2) is 13.2 Å². The lowest BCUT2D eigenvalue weighted by Crippen LogP contribution is -2.29. The van der Waals surface area contributed by atoms with Gasteiger partial charge in [-0.1, -0.05) is 50.0 Å². The number of aliphatic hydroxyl groups is 1. The van der Waals surface area contributed by atoms with Gasteiger partial charge in [0.2, 0.25) is 0 Å². The molecular weight excluding hydrogens is 224 g/mol. The molecule has 1 aromatic carbocycles. The lowest BCUT2D eigenvalue weighted by atomic mass is 9.85. The second kappa shape index (κ2) is 5.08. The first-order valence-corrected chi connectivity index (χ1v) is 9.54. The van der Waals surface area contributed by atoms with Gasteiger partial charge >= 0.3 is 0 Å². The van der Waals surface area contributed by atoms with Crippen LogP contribution in [0.15, 0.2) is 30.3 Å². The molecule has 2 unspecified atom stereocenters. The van der Waals surface area contributed by atoms with Crippen molar-refractivity contribution in [2.45, 2.75) is 39.1 Å². The molecule has 1 N–H and O–H groups in total. The third-order valence-corrected chi connectivity index (χ3v) is 3.76. The molecule has 0 aliphatic carbocycles. The molecule has 0 amide bonds. The summed E-state index contributed by atoms with van der Waals surface area (Å²) in [7, 11) is -1.37. The second-order valence-electron chi connectivity index (χ2n) is 5.75. The summed E-state index contributed by atoms with van der Waals surface area (Å²) in [4.78, 5) is 0. The highest BCUT2D eigenvalue weighted by Crippen LogP contribution is 2.28. The summed E-state index contributed by atoms with van der Waals surface area (Å²) in [6, 6.07) is 9.75. The Kier molecular flexibility index (Phi) is 4.19. The fraction of sp³-hybridized carbons (Fsp3) is 0.467. The van der Waals surface area contributed by atoms with Crippen LogP contribution in [0.3, 0.4) is 0 Å². The van der Waals surface area contributed by atoms with Gasteiger partial charge in [-0.05, 0) is 19.4 Å². The van der Waals surface area contributed by atoms with Crippen LogP contribution < -0.4 is 0 Å². The van der Waals surface area contributed by atoms with Crippen LogP contribution >= 0.6 is 0 Å². The molecule has 0 fully saturated rings. The van der Waals surface area contributed by atoms with Crippen LogP contribution in [0.5, 0.6) is 0 Å². The van der Waals surface area contributed by atoms with Gasteiger partial charge in [-0.2, -0.15) is 0 Å². The van der Waals surface area contributed by atoms with Crippen LogP contribution in [0.4, 0.5) is 0 Å². The predicted molar refractivity (Wildman–Crippen MR) is 76.3 cm³/mol. The lowest BCUT2D eigenvalue weighted by Gasteiger charge is -2.27. The van der Waals surface area contributed by atoms with E-state index >= 15 is 0 Å². The van der Waals surface area contributed by atoms with Gasteiger partial charge in [0.15, 0.2) is 0 Å². The van der Waals surface area contributed by atoms with Crippen LogP contribution in [-0.2, 0) is 5.60 Å². The minimum Gasteiger partial charge on any atom is -0.384 e. The zero-order chi connectivity index (χ0) is 13.1. The van der Waals surface area contributed by atoms with Gasteiger partial charge in [0, 0.05) is 5.92 Å². The van der Waals surface area contributed by atoms with Crippen molar-refractivity contribution in [3.63, 3.8) is 0 Å². The van der Waals surface area contributed by atoms with Gasteiger partial charge in [0.1, 0.15) is 13.7 Å². The zero-order valence-electron chi connectivity index (χ0n) is 11.4. The van der Waals surface area contributed by atoms with Crippen LogP contribution in [0.25, 0.3) is 0 Å². The molecule has 0 bridgehead atoms. The summed E-state index contributed by atoms with van der Waals surface area (Å²) in [5, 5.41) is 10.6. The van der Waals surface area contributed by atoms with E-state index in [0.717, 1.165) is 5.56 Å². The molecule has 17 heavy (non-hydrogen) atoms. The van der Waals surface area contributed by atoms with Crippen molar-refractivity contribution in [1.82, 2.24) is 0 Å². The quantitative estimate of drug-likeness (QED) is 0.626. The highest BCUT2D eigenvalue weighted by Gasteiger charge is 2.29. The average molecular weight is 246 g/mol. The van der Waals surface area contributed by atoms with E-state index in [-0.39, 0.29) is 5.92 Å². The van der Waals surface area contributed by atoms with Crippen molar-refractivity contribution in [2.75, 3.05) is 0 Å². The normalized spacial score (nSPS) is 16.6. The largest absolute Gasteiger partial charge is 0.384 e. The molecule has 0 aromatic heterocycles. The Morgan fingerprint density at radius 3 is 2.18 bits per heavy atom. The van der Waals surface area contributed by atoms with Crippen molar-refractivity contribution in [3.05, 3.63) is 35.9 Å². The Labute approximate surface area is 106 Å². The van der Waals surface area contributed by atoms with Crippen molar-refractivity contribution in [2.24, 2.45) is 5.92 Å². The molecule has 1 rings (SSSR count). The maximum atomic E-state index is 10.6. The van der Waals surface area contributed by atoms with Gasteiger partial charge < -0.3 is 5.11 Å². The summed E-state index contributed by atoms with van der Waals surface area (Å²) in [5.74, 6) is 3.16. The molecule has 0 spiro atoms. The molecule has 0 heterocycles. The summed E-state index contributed by atoms with van der Waals surface area (Å²) < 4.78 is 0. The van der Waals surface area contributed by atoms with Crippen LogP contribution in [0.2, 0.25) is 19.6 Å². The molecule has 2 atom stereocenters. The number of benzene rings is 1. The Balaban J connectivity index is 2.94. The van der Waals surface area contributed by atoms with Crippen molar-refractivity contribution < 1.29 is 5.11 Å². The predicted octanol–water partition coefficient (Wildman–Crippen LogP) is 3.41. The third kappa shape index (κ3) is 4.03. The topological polar surface area (TPSA) is 20.2 Å². The summed E-state index contributed by atoms with van der Waals surface area (Å²) in [5.41, 5.74) is 3.37. The van der Waals surface area contributed by atoms with Crippen LogP contribution in [0.1, 0.15) is 19.4 Å². The van der Waals surface area contributed by atoms with Crippen LogP contribution in [0, 0.1) is 17.4 Å². The van der Waals surface area contributed by atoms with E-state index in [9.17, 15) is 5.11 Å². The monoisotopic (exact) mass is 246 g/mol. The van der Waals surface area contributed by atoms with E-state index < -0.39 is 13.7 Å². The first-order chi connectivity index (χ1) is 7.73. The van der Waals surface area contributed by atoms with Gasteiger partial charge in [-0.3, -0.25) is 0 Å². The number of hydrogen-bond acceptors (Lipinski definition) is 1. The Hall–Kier alpha value is -1.04. The maximum absolute atomic E-state index is 10.6. The van der Waals surface area contributed by atoms with Crippen molar-refractivity contribution in [1.29, 1.82) is 0 Å². The number of rotatable bonds is 2. The van der Waals surface area contributed by atoms with E-state index in [0.29, 0.717) is 0 Å². The highest BCUT2D eigenvalue weighted by molar-refractivity contribution is 6.83. The maximum Gasteiger partial charge on any atom is 0.129 e. The van der Waals surface area contributed by atoms with Gasteiger partial charge in [-0.15, -0.1) is 11.5 Å². The molecule has 2 heteroatoms. The molecule has 1 nitrogen and oxygen atoms in total. The smallest absolute Gasteiger partial charge is 0.129 e. The summed E-state index contributed by atoms with van der Waals surface area (Å²) in [6.45, 7) is 10.5. The van der Waals surface area contributed by atoms with E-state index in [2.05, 4.69) is 31.1 Å². The summed E-state index contributed by atoms with van der Waals surface area (Å²) in [6.07, 6.45) is 0. The van der Waals surface area contributed by atoms with E-state index in [4.69, 9.17) is 0 Å². The second-order valence-corrected chi connectivity index (χ2v) is 10.5. The van der Waals surface area contributed by atoms with Crippen molar-refractivity contribution in [3.8, 4) is 11.5 Å². The molecule has 1 aromatic rings. The fourth-order valence-corrected chi connectivity index (χ4v) is 2.14. The SMILES string of the molecule is CC(C#C[Si](C)(C)C)C(C)(O)c1ccccc1. The molecule has 92 valence electrons. The zero-order valence-corrected chi connectivity index (χ0v) is 12.4. The van der Waals surface area contributed by atoms with E-state index in [1.54, 1.807) is 0 Å². The first-order valence-electron chi connectivity index (χ1n) is 6.04. The minimum atomic E-state index is -1.37. The highest BCUT2D eigenvalue weighted by atomic mass is 28.3.